The number of halogens is 1. The number of amides is 1. The van der Waals surface area contributed by atoms with Gasteiger partial charge in [0.05, 0.1) is 4.88 Å². The Bertz CT molecular complexity index is 705. The lowest BCUT2D eigenvalue weighted by atomic mass is 10.2. The highest BCUT2D eigenvalue weighted by Gasteiger charge is 2.24. The molecule has 0 radical (unpaired) electrons. The Morgan fingerprint density at radius 1 is 1.22 bits per heavy atom. The number of thiophene rings is 1. The van der Waals surface area contributed by atoms with Crippen LogP contribution in [0, 0.1) is 6.92 Å². The number of hydrogen-bond acceptors (Lipinski definition) is 3. The van der Waals surface area contributed by atoms with Crippen LogP contribution in [-0.4, -0.2) is 37.0 Å². The van der Waals surface area contributed by atoms with E-state index in [0.717, 1.165) is 48.2 Å². The van der Waals surface area contributed by atoms with E-state index in [1.54, 1.807) is 11.3 Å². The molecule has 1 aliphatic heterocycles. The minimum atomic E-state index is 0.170. The van der Waals surface area contributed by atoms with E-state index < -0.39 is 0 Å². The maximum atomic E-state index is 12.7. The van der Waals surface area contributed by atoms with Crippen LogP contribution in [0.5, 0.6) is 0 Å². The molecule has 0 atom stereocenters. The number of benzene rings is 1. The van der Waals surface area contributed by atoms with Crippen LogP contribution in [0.3, 0.4) is 0 Å². The average Bonchev–Trinajstić information content (AvgIpc) is 2.95. The van der Waals surface area contributed by atoms with Crippen molar-refractivity contribution in [2.75, 3.05) is 31.1 Å². The number of carbonyl (C=O) groups excluding carboxylic acids is 1. The second kappa shape index (κ2) is 6.93. The normalized spacial score (nSPS) is 15.1. The Hall–Kier alpha value is -1.52. The molecule has 1 fully saturated rings. The molecule has 0 unspecified atom stereocenters. The molecule has 1 aromatic carbocycles. The summed E-state index contributed by atoms with van der Waals surface area (Å²) in [6.07, 6.45) is 0.992. The Balaban J connectivity index is 1.65. The third-order valence-electron chi connectivity index (χ3n) is 4.29. The van der Waals surface area contributed by atoms with Gasteiger partial charge in [0.25, 0.3) is 5.91 Å². The zero-order chi connectivity index (χ0) is 16.4. The van der Waals surface area contributed by atoms with Crippen molar-refractivity contribution in [3.8, 4) is 0 Å². The van der Waals surface area contributed by atoms with E-state index in [-0.39, 0.29) is 5.91 Å². The first-order valence-corrected chi connectivity index (χ1v) is 9.17. The number of nitrogens with zero attached hydrogens (tertiary/aromatic N) is 2. The molecule has 1 aliphatic rings. The largest absolute Gasteiger partial charge is 0.368 e. The lowest BCUT2D eigenvalue weighted by molar-refractivity contribution is 0.0751. The third kappa shape index (κ3) is 3.54. The van der Waals surface area contributed by atoms with E-state index in [2.05, 4.69) is 24.8 Å². The van der Waals surface area contributed by atoms with Crippen LogP contribution >= 0.6 is 22.9 Å². The molecule has 5 heteroatoms. The van der Waals surface area contributed by atoms with Gasteiger partial charge in [-0.3, -0.25) is 4.79 Å². The fourth-order valence-electron chi connectivity index (χ4n) is 2.97. The number of carbonyl (C=O) groups is 1. The van der Waals surface area contributed by atoms with Crippen LogP contribution in [0.1, 0.15) is 27.0 Å². The number of anilines is 1. The molecular weight excluding hydrogens is 328 g/mol. The number of hydrogen-bond donors (Lipinski definition) is 0. The smallest absolute Gasteiger partial charge is 0.264 e. The molecule has 0 aliphatic carbocycles. The molecule has 0 bridgehead atoms. The topological polar surface area (TPSA) is 23.6 Å². The van der Waals surface area contributed by atoms with Crippen molar-refractivity contribution in [1.29, 1.82) is 0 Å². The number of rotatable bonds is 3. The summed E-state index contributed by atoms with van der Waals surface area (Å²) in [5.41, 5.74) is 2.36. The molecule has 2 aromatic rings. The Kier molecular flexibility index (Phi) is 4.93. The second-order valence-corrected chi connectivity index (χ2v) is 7.40. The highest BCUT2D eigenvalue weighted by atomic mass is 35.5. The van der Waals surface area contributed by atoms with Gasteiger partial charge in [-0.05, 0) is 43.2 Å². The number of aryl methyl sites for hydroxylation is 2. The lowest BCUT2D eigenvalue weighted by Gasteiger charge is -2.36. The molecule has 0 saturated carbocycles. The van der Waals surface area contributed by atoms with Crippen molar-refractivity contribution < 1.29 is 4.79 Å². The van der Waals surface area contributed by atoms with Gasteiger partial charge in [-0.2, -0.15) is 0 Å². The van der Waals surface area contributed by atoms with Gasteiger partial charge in [0.15, 0.2) is 0 Å². The molecule has 122 valence electrons. The summed E-state index contributed by atoms with van der Waals surface area (Å²) < 4.78 is 0. The van der Waals surface area contributed by atoms with Gasteiger partial charge in [-0.1, -0.05) is 24.6 Å². The van der Waals surface area contributed by atoms with Gasteiger partial charge in [0.1, 0.15) is 0 Å². The fourth-order valence-corrected chi connectivity index (χ4v) is 4.24. The molecule has 3 nitrogen and oxygen atoms in total. The minimum Gasteiger partial charge on any atom is -0.368 e. The zero-order valence-electron chi connectivity index (χ0n) is 13.5. The number of piperazine rings is 1. The summed E-state index contributed by atoms with van der Waals surface area (Å²) in [4.78, 5) is 19.1. The third-order valence-corrected chi connectivity index (χ3v) is 5.90. The summed E-state index contributed by atoms with van der Waals surface area (Å²) in [5, 5.41) is 0.752. The van der Waals surface area contributed by atoms with E-state index in [1.165, 1.54) is 10.4 Å². The zero-order valence-corrected chi connectivity index (χ0v) is 15.1. The second-order valence-electron chi connectivity index (χ2n) is 5.83. The summed E-state index contributed by atoms with van der Waals surface area (Å²) in [5.74, 6) is 0.170. The molecule has 0 spiro atoms. The van der Waals surface area contributed by atoms with E-state index in [1.807, 2.05) is 29.2 Å². The Morgan fingerprint density at radius 2 is 1.96 bits per heavy atom. The Labute approximate surface area is 146 Å². The first-order valence-electron chi connectivity index (χ1n) is 7.97. The van der Waals surface area contributed by atoms with Crippen LogP contribution < -0.4 is 4.90 Å². The van der Waals surface area contributed by atoms with Crippen molar-refractivity contribution in [2.24, 2.45) is 0 Å². The van der Waals surface area contributed by atoms with Gasteiger partial charge in [-0.15, -0.1) is 11.3 Å². The van der Waals surface area contributed by atoms with Crippen molar-refractivity contribution in [2.45, 2.75) is 20.3 Å². The predicted molar refractivity (Wildman–Crippen MR) is 98.0 cm³/mol. The SMILES string of the molecule is CCc1sc(C(=O)N2CCN(c3cccc(Cl)c3)CC2)cc1C. The van der Waals surface area contributed by atoms with Crippen molar-refractivity contribution in [3.63, 3.8) is 0 Å². The molecule has 23 heavy (non-hydrogen) atoms. The summed E-state index contributed by atoms with van der Waals surface area (Å²) >= 11 is 7.70. The van der Waals surface area contributed by atoms with E-state index in [0.29, 0.717) is 0 Å². The summed E-state index contributed by atoms with van der Waals surface area (Å²) in [6.45, 7) is 7.42. The average molecular weight is 349 g/mol. The minimum absolute atomic E-state index is 0.170. The predicted octanol–water partition coefficient (Wildman–Crippen LogP) is 4.23. The lowest BCUT2D eigenvalue weighted by Crippen LogP contribution is -2.48. The first-order chi connectivity index (χ1) is 11.1. The van der Waals surface area contributed by atoms with Crippen LogP contribution in [0.2, 0.25) is 5.02 Å². The van der Waals surface area contributed by atoms with Crippen molar-refractivity contribution in [1.82, 2.24) is 4.90 Å². The van der Waals surface area contributed by atoms with Crippen LogP contribution in [0.25, 0.3) is 0 Å². The van der Waals surface area contributed by atoms with Crippen LogP contribution in [-0.2, 0) is 6.42 Å². The van der Waals surface area contributed by atoms with E-state index in [9.17, 15) is 4.79 Å². The first kappa shape index (κ1) is 16.3. The summed E-state index contributed by atoms with van der Waals surface area (Å²) in [6, 6.07) is 9.94. The highest BCUT2D eigenvalue weighted by Crippen LogP contribution is 2.25. The van der Waals surface area contributed by atoms with Gasteiger partial charge < -0.3 is 9.80 Å². The van der Waals surface area contributed by atoms with E-state index >= 15 is 0 Å². The molecular formula is C18H21ClN2OS. The van der Waals surface area contributed by atoms with Gasteiger partial charge >= 0.3 is 0 Å². The fraction of sp³-hybridized carbons (Fsp3) is 0.389. The Morgan fingerprint density at radius 3 is 2.57 bits per heavy atom. The van der Waals surface area contributed by atoms with Crippen molar-refractivity contribution in [3.05, 3.63) is 50.7 Å². The van der Waals surface area contributed by atoms with Gasteiger partial charge in [0, 0.05) is 41.8 Å². The van der Waals surface area contributed by atoms with Crippen molar-refractivity contribution >= 4 is 34.5 Å². The maximum absolute atomic E-state index is 12.7. The molecule has 0 N–H and O–H groups in total. The van der Waals surface area contributed by atoms with E-state index in [4.69, 9.17) is 11.6 Å². The molecule has 1 amide bonds. The molecule has 3 rings (SSSR count). The summed E-state index contributed by atoms with van der Waals surface area (Å²) in [7, 11) is 0. The highest BCUT2D eigenvalue weighted by molar-refractivity contribution is 7.14. The van der Waals surface area contributed by atoms with Crippen LogP contribution in [0.4, 0.5) is 5.69 Å². The maximum Gasteiger partial charge on any atom is 0.264 e. The standard InChI is InChI=1S/C18H21ClN2OS/c1-3-16-13(2)11-17(23-16)18(22)21-9-7-20(8-10-21)15-6-4-5-14(19)12-15/h4-6,11-12H,3,7-10H2,1-2H3. The quantitative estimate of drug-likeness (QED) is 0.828. The monoisotopic (exact) mass is 348 g/mol. The molecule has 2 heterocycles. The van der Waals surface area contributed by atoms with Gasteiger partial charge in [0.2, 0.25) is 0 Å². The molecule has 1 aromatic heterocycles. The molecule has 1 saturated heterocycles. The van der Waals surface area contributed by atoms with Crippen LogP contribution in [0.15, 0.2) is 30.3 Å². The van der Waals surface area contributed by atoms with Gasteiger partial charge in [-0.25, -0.2) is 0 Å².